The highest BCUT2D eigenvalue weighted by molar-refractivity contribution is 5.86. The Balaban J connectivity index is 1.81. The fourth-order valence-electron chi connectivity index (χ4n) is 3.93. The number of hydrogen-bond acceptors (Lipinski definition) is 4. The molecular formula is C26H18F3NO5. The number of halogens is 3. The maximum absolute atomic E-state index is 13.5. The lowest BCUT2D eigenvalue weighted by atomic mass is 9.94. The molecule has 1 N–H and O–H groups in total. The Bertz CT molecular complexity index is 1430. The van der Waals surface area contributed by atoms with Gasteiger partial charge in [-0.25, -0.2) is 4.79 Å². The molecule has 9 heteroatoms. The number of carboxylic acids is 1. The normalized spacial score (nSPS) is 11.4. The fourth-order valence-corrected chi connectivity index (χ4v) is 3.93. The molecule has 0 radical (unpaired) electrons. The van der Waals surface area contributed by atoms with Crippen molar-refractivity contribution in [2.24, 2.45) is 0 Å². The van der Waals surface area contributed by atoms with Crippen LogP contribution in [0, 0.1) is 10.1 Å². The Morgan fingerprint density at radius 3 is 2.31 bits per heavy atom. The maximum atomic E-state index is 13.5. The van der Waals surface area contributed by atoms with Crippen LogP contribution in [0.3, 0.4) is 0 Å². The van der Waals surface area contributed by atoms with Crippen LogP contribution in [0.5, 0.6) is 5.75 Å². The van der Waals surface area contributed by atoms with E-state index in [1.165, 1.54) is 18.2 Å². The van der Waals surface area contributed by atoms with Gasteiger partial charge in [0.1, 0.15) is 11.3 Å². The van der Waals surface area contributed by atoms with Crippen molar-refractivity contribution in [3.05, 3.63) is 106 Å². The van der Waals surface area contributed by atoms with E-state index in [1.54, 1.807) is 6.07 Å². The van der Waals surface area contributed by atoms with Gasteiger partial charge in [0.2, 0.25) is 0 Å². The third-order valence-corrected chi connectivity index (χ3v) is 5.50. The average molecular weight is 481 g/mol. The van der Waals surface area contributed by atoms with Crippen LogP contribution in [-0.4, -0.2) is 22.6 Å². The van der Waals surface area contributed by atoms with Gasteiger partial charge in [-0.15, -0.1) is 0 Å². The van der Waals surface area contributed by atoms with Gasteiger partial charge in [-0.3, -0.25) is 10.1 Å². The summed E-state index contributed by atoms with van der Waals surface area (Å²) in [6.07, 6.45) is -4.59. The Kier molecular flexibility index (Phi) is 6.42. The number of fused-ring (bicyclic) bond motifs is 1. The van der Waals surface area contributed by atoms with Crippen molar-refractivity contribution < 1.29 is 32.7 Å². The molecule has 0 amide bonds. The second-order valence-electron chi connectivity index (χ2n) is 7.81. The molecule has 0 bridgehead atoms. The SMILES string of the molecule is O=C(O)COc1ccc(-c2ccc([N+](=O)[O-])c(C(F)(F)F)c2)cc1Cc1cccc2ccccc12. The summed E-state index contributed by atoms with van der Waals surface area (Å²) in [5.41, 5.74) is -0.386. The van der Waals surface area contributed by atoms with Crippen molar-refractivity contribution in [2.75, 3.05) is 6.61 Å². The number of ether oxygens (including phenoxy) is 1. The number of nitro groups is 1. The highest BCUT2D eigenvalue weighted by atomic mass is 19.4. The molecule has 0 heterocycles. The minimum Gasteiger partial charge on any atom is -0.482 e. The molecule has 4 aromatic carbocycles. The Labute approximate surface area is 197 Å². The summed E-state index contributed by atoms with van der Waals surface area (Å²) in [7, 11) is 0. The first-order chi connectivity index (χ1) is 16.6. The van der Waals surface area contributed by atoms with Crippen LogP contribution in [0.1, 0.15) is 16.7 Å². The number of nitrogens with zero attached hydrogens (tertiary/aromatic N) is 1. The molecule has 4 aromatic rings. The standard InChI is InChI=1S/C26H18F3NO5/c27-26(28,29)22-14-18(8-10-23(22)30(33)34)17-9-11-24(35-15-25(31)32)20(12-17)13-19-6-3-5-16-4-1-2-7-21(16)19/h1-12,14H,13,15H2,(H,31,32). The molecule has 35 heavy (non-hydrogen) atoms. The molecule has 0 unspecified atom stereocenters. The average Bonchev–Trinajstić information content (AvgIpc) is 2.82. The Hall–Kier alpha value is -4.40. The third-order valence-electron chi connectivity index (χ3n) is 5.50. The van der Waals surface area contributed by atoms with Gasteiger partial charge in [0.25, 0.3) is 5.69 Å². The molecule has 0 aromatic heterocycles. The second kappa shape index (κ2) is 9.46. The summed E-state index contributed by atoms with van der Waals surface area (Å²) >= 11 is 0. The predicted molar refractivity (Wildman–Crippen MR) is 123 cm³/mol. The molecule has 0 saturated carbocycles. The summed E-state index contributed by atoms with van der Waals surface area (Å²) < 4.78 is 45.9. The first-order valence-corrected chi connectivity index (χ1v) is 10.4. The minimum absolute atomic E-state index is 0.131. The predicted octanol–water partition coefficient (Wildman–Crippen LogP) is 6.49. The van der Waals surface area contributed by atoms with Crippen molar-refractivity contribution in [1.29, 1.82) is 0 Å². The van der Waals surface area contributed by atoms with Crippen LogP contribution < -0.4 is 4.74 Å². The lowest BCUT2D eigenvalue weighted by Crippen LogP contribution is -2.11. The number of carbonyl (C=O) groups is 1. The summed E-state index contributed by atoms with van der Waals surface area (Å²) in [6, 6.07) is 20.8. The van der Waals surface area contributed by atoms with Crippen LogP contribution in [0.4, 0.5) is 18.9 Å². The Morgan fingerprint density at radius 1 is 0.914 bits per heavy atom. The van der Waals surface area contributed by atoms with E-state index in [2.05, 4.69) is 0 Å². The molecule has 0 aliphatic heterocycles. The van der Waals surface area contributed by atoms with Gasteiger partial charge in [-0.2, -0.15) is 13.2 Å². The van der Waals surface area contributed by atoms with Crippen LogP contribution in [-0.2, 0) is 17.4 Å². The molecule has 178 valence electrons. The number of carboxylic acid groups (broad SMARTS) is 1. The monoisotopic (exact) mass is 481 g/mol. The first kappa shape index (κ1) is 23.7. The van der Waals surface area contributed by atoms with Crippen molar-refractivity contribution in [2.45, 2.75) is 12.6 Å². The van der Waals surface area contributed by atoms with E-state index in [9.17, 15) is 28.1 Å². The van der Waals surface area contributed by atoms with E-state index in [0.29, 0.717) is 17.5 Å². The molecule has 0 saturated heterocycles. The van der Waals surface area contributed by atoms with E-state index < -0.39 is 34.9 Å². The van der Waals surface area contributed by atoms with Gasteiger partial charge in [0.15, 0.2) is 6.61 Å². The lowest BCUT2D eigenvalue weighted by molar-refractivity contribution is -0.388. The van der Waals surface area contributed by atoms with Crippen molar-refractivity contribution in [1.82, 2.24) is 0 Å². The number of benzene rings is 4. The molecular weight excluding hydrogens is 463 g/mol. The van der Waals surface area contributed by atoms with Crippen LogP contribution in [0.25, 0.3) is 21.9 Å². The van der Waals surface area contributed by atoms with Crippen molar-refractivity contribution >= 4 is 22.4 Å². The fraction of sp³-hybridized carbons (Fsp3) is 0.115. The van der Waals surface area contributed by atoms with E-state index in [0.717, 1.165) is 28.5 Å². The quantitative estimate of drug-likeness (QED) is 0.241. The smallest absolute Gasteiger partial charge is 0.423 e. The molecule has 0 spiro atoms. The van der Waals surface area contributed by atoms with E-state index in [1.807, 2.05) is 42.5 Å². The molecule has 6 nitrogen and oxygen atoms in total. The van der Waals surface area contributed by atoms with Crippen molar-refractivity contribution in [3.63, 3.8) is 0 Å². The van der Waals surface area contributed by atoms with Gasteiger partial charge in [0, 0.05) is 12.5 Å². The number of rotatable bonds is 7. The summed E-state index contributed by atoms with van der Waals surface area (Å²) in [4.78, 5) is 21.1. The minimum atomic E-state index is -4.91. The highest BCUT2D eigenvalue weighted by Gasteiger charge is 2.38. The summed E-state index contributed by atoms with van der Waals surface area (Å²) in [5.74, 6) is -0.891. The van der Waals surface area contributed by atoms with Crippen molar-refractivity contribution in [3.8, 4) is 16.9 Å². The van der Waals surface area contributed by atoms with Gasteiger partial charge >= 0.3 is 12.1 Å². The molecule has 0 fully saturated rings. The van der Waals surface area contributed by atoms with Crippen LogP contribution >= 0.6 is 0 Å². The Morgan fingerprint density at radius 2 is 1.60 bits per heavy atom. The number of aliphatic carboxylic acids is 1. The zero-order valence-corrected chi connectivity index (χ0v) is 18.1. The highest BCUT2D eigenvalue weighted by Crippen LogP contribution is 2.39. The largest absolute Gasteiger partial charge is 0.482 e. The van der Waals surface area contributed by atoms with E-state index in [4.69, 9.17) is 9.84 Å². The number of nitro benzene ring substituents is 1. The maximum Gasteiger partial charge on any atom is 0.423 e. The van der Waals surface area contributed by atoms with Gasteiger partial charge < -0.3 is 9.84 Å². The number of hydrogen-bond donors (Lipinski definition) is 1. The first-order valence-electron chi connectivity index (χ1n) is 10.4. The molecule has 0 atom stereocenters. The molecule has 0 aliphatic carbocycles. The molecule has 4 rings (SSSR count). The van der Waals surface area contributed by atoms with Crippen LogP contribution in [0.15, 0.2) is 78.9 Å². The van der Waals surface area contributed by atoms with Gasteiger partial charge in [0.05, 0.1) is 4.92 Å². The summed E-state index contributed by atoms with van der Waals surface area (Å²) in [5, 5.41) is 22.1. The number of alkyl halides is 3. The zero-order valence-electron chi connectivity index (χ0n) is 18.1. The topological polar surface area (TPSA) is 89.7 Å². The van der Waals surface area contributed by atoms with E-state index >= 15 is 0 Å². The zero-order chi connectivity index (χ0) is 25.2. The van der Waals surface area contributed by atoms with Gasteiger partial charge in [-0.1, -0.05) is 48.5 Å². The van der Waals surface area contributed by atoms with E-state index in [-0.39, 0.29) is 11.3 Å². The lowest BCUT2D eigenvalue weighted by Gasteiger charge is -2.15. The third kappa shape index (κ3) is 5.24. The van der Waals surface area contributed by atoms with Gasteiger partial charge in [-0.05, 0) is 57.3 Å². The summed E-state index contributed by atoms with van der Waals surface area (Å²) in [6.45, 7) is -0.586. The second-order valence-corrected chi connectivity index (χ2v) is 7.81. The van der Waals surface area contributed by atoms with Crippen LogP contribution in [0.2, 0.25) is 0 Å². The molecule has 0 aliphatic rings.